The zero-order chi connectivity index (χ0) is 43.7. The lowest BCUT2D eigenvalue weighted by atomic mass is 10.0. The monoisotopic (exact) mass is 839 g/mol. The molecule has 0 aliphatic heterocycles. The van der Waals surface area contributed by atoms with E-state index >= 15 is 0 Å². The van der Waals surface area contributed by atoms with Crippen LogP contribution in [0.2, 0.25) is 0 Å². The molecule has 0 bridgehead atoms. The molecule has 1 atom stereocenters. The van der Waals surface area contributed by atoms with Crippen molar-refractivity contribution in [2.75, 3.05) is 13.2 Å². The lowest BCUT2D eigenvalue weighted by molar-refractivity contribution is -0.166. The Balaban J connectivity index is 4.45. The van der Waals surface area contributed by atoms with Gasteiger partial charge in [-0.3, -0.25) is 14.4 Å². The van der Waals surface area contributed by atoms with Crippen LogP contribution in [-0.4, -0.2) is 37.2 Å². The maximum absolute atomic E-state index is 12.7. The summed E-state index contributed by atoms with van der Waals surface area (Å²) in [6, 6.07) is 0. The molecule has 0 saturated heterocycles. The van der Waals surface area contributed by atoms with Gasteiger partial charge in [0.1, 0.15) is 13.2 Å². The predicted molar refractivity (Wildman–Crippen MR) is 256 cm³/mol. The second-order valence-electron chi connectivity index (χ2n) is 16.7. The second kappa shape index (κ2) is 48.8. The van der Waals surface area contributed by atoms with Crippen molar-refractivity contribution in [3.8, 4) is 0 Å². The van der Waals surface area contributed by atoms with Crippen LogP contribution in [0.3, 0.4) is 0 Å². The van der Waals surface area contributed by atoms with Crippen molar-refractivity contribution >= 4 is 17.9 Å². The molecule has 0 aliphatic carbocycles. The van der Waals surface area contributed by atoms with Crippen LogP contribution in [0, 0.1) is 0 Å². The van der Waals surface area contributed by atoms with Gasteiger partial charge in [-0.15, -0.1) is 0 Å². The highest BCUT2D eigenvalue weighted by molar-refractivity contribution is 5.71. The zero-order valence-corrected chi connectivity index (χ0v) is 39.5. The molecular formula is C54H94O6. The van der Waals surface area contributed by atoms with Crippen LogP contribution in [0.25, 0.3) is 0 Å². The molecule has 0 heterocycles. The first-order valence-electron chi connectivity index (χ1n) is 25.3. The molecular weight excluding hydrogens is 745 g/mol. The minimum Gasteiger partial charge on any atom is -0.462 e. The van der Waals surface area contributed by atoms with Crippen LogP contribution < -0.4 is 0 Å². The summed E-state index contributed by atoms with van der Waals surface area (Å²) in [4.78, 5) is 37.9. The zero-order valence-electron chi connectivity index (χ0n) is 39.5. The van der Waals surface area contributed by atoms with E-state index in [4.69, 9.17) is 14.2 Å². The van der Waals surface area contributed by atoms with Crippen LogP contribution in [0.15, 0.2) is 60.8 Å². The quantitative estimate of drug-likeness (QED) is 0.0263. The third-order valence-electron chi connectivity index (χ3n) is 10.8. The smallest absolute Gasteiger partial charge is 0.306 e. The number of hydrogen-bond acceptors (Lipinski definition) is 6. The summed E-state index contributed by atoms with van der Waals surface area (Å²) >= 11 is 0. The number of unbranched alkanes of at least 4 members (excludes halogenated alkanes) is 24. The molecule has 0 fully saturated rings. The topological polar surface area (TPSA) is 78.9 Å². The first-order chi connectivity index (χ1) is 29.5. The van der Waals surface area contributed by atoms with E-state index in [1.807, 2.05) is 12.2 Å². The Hall–Kier alpha value is -2.89. The SMILES string of the molecule is CC/C=C\C/C=C\C/C=C\C/C=C\CCC(=O)OC(COC(=O)CCCCCCC/C=C\CCCCCCCCC)COC(=O)CCCCCCCCCCCCCCC. The van der Waals surface area contributed by atoms with Gasteiger partial charge < -0.3 is 14.2 Å². The number of allylic oxidation sites excluding steroid dienone is 10. The molecule has 0 N–H and O–H groups in total. The van der Waals surface area contributed by atoms with Gasteiger partial charge in [0.05, 0.1) is 0 Å². The molecule has 0 amide bonds. The number of rotatable bonds is 45. The molecule has 346 valence electrons. The van der Waals surface area contributed by atoms with E-state index in [9.17, 15) is 14.4 Å². The number of carbonyl (C=O) groups excluding carboxylic acids is 3. The molecule has 1 unspecified atom stereocenters. The van der Waals surface area contributed by atoms with Crippen molar-refractivity contribution in [1.82, 2.24) is 0 Å². The van der Waals surface area contributed by atoms with E-state index in [-0.39, 0.29) is 31.6 Å². The molecule has 0 aliphatic rings. The highest BCUT2D eigenvalue weighted by atomic mass is 16.6. The van der Waals surface area contributed by atoms with Gasteiger partial charge in [-0.1, -0.05) is 216 Å². The van der Waals surface area contributed by atoms with Gasteiger partial charge in [0.15, 0.2) is 6.10 Å². The normalized spacial score (nSPS) is 12.5. The Kier molecular flexibility index (Phi) is 46.4. The van der Waals surface area contributed by atoms with E-state index < -0.39 is 12.1 Å². The highest BCUT2D eigenvalue weighted by Crippen LogP contribution is 2.15. The molecule has 0 aromatic heterocycles. The fourth-order valence-electron chi connectivity index (χ4n) is 6.98. The number of hydrogen-bond donors (Lipinski definition) is 0. The summed E-state index contributed by atoms with van der Waals surface area (Å²) in [5.41, 5.74) is 0. The van der Waals surface area contributed by atoms with Crippen molar-refractivity contribution in [2.45, 2.75) is 252 Å². The van der Waals surface area contributed by atoms with Crippen molar-refractivity contribution in [3.63, 3.8) is 0 Å². The molecule has 0 saturated carbocycles. The van der Waals surface area contributed by atoms with Crippen LogP contribution in [0.4, 0.5) is 0 Å². The number of ether oxygens (including phenoxy) is 3. The molecule has 0 rings (SSSR count). The summed E-state index contributed by atoms with van der Waals surface area (Å²) < 4.78 is 16.7. The third kappa shape index (κ3) is 46.2. The molecule has 0 spiro atoms. The number of esters is 3. The summed E-state index contributed by atoms with van der Waals surface area (Å²) in [6.07, 6.45) is 59.3. The Morgan fingerprint density at radius 1 is 0.350 bits per heavy atom. The standard InChI is InChI=1S/C54H94O6/c1-4-7-10-13-16-19-22-25-26-27-30-32-35-38-41-44-47-53(56)59-50-51(60-54(57)48-45-42-39-36-33-29-24-21-18-15-12-9-6-3)49-58-52(55)46-43-40-37-34-31-28-23-20-17-14-11-8-5-2/h9,12,18,21,26-27,29,33,39,42,51H,4-8,10-11,13-17,19-20,22-25,28,30-32,34-38,40-41,43-50H2,1-3H3/b12-9-,21-18-,27-26-,33-29-,42-39-. The number of carbonyl (C=O) groups is 3. The van der Waals surface area contributed by atoms with Crippen molar-refractivity contribution < 1.29 is 28.6 Å². The van der Waals surface area contributed by atoms with Crippen LogP contribution in [-0.2, 0) is 28.6 Å². The summed E-state index contributed by atoms with van der Waals surface area (Å²) in [5, 5.41) is 0. The van der Waals surface area contributed by atoms with Gasteiger partial charge in [0.25, 0.3) is 0 Å². The fraction of sp³-hybridized carbons (Fsp3) is 0.759. The Morgan fingerprint density at radius 3 is 1.08 bits per heavy atom. The largest absolute Gasteiger partial charge is 0.462 e. The highest BCUT2D eigenvalue weighted by Gasteiger charge is 2.19. The first kappa shape index (κ1) is 57.1. The maximum Gasteiger partial charge on any atom is 0.306 e. The van der Waals surface area contributed by atoms with E-state index in [1.54, 1.807) is 0 Å². The Bertz CT molecular complexity index is 1100. The van der Waals surface area contributed by atoms with E-state index in [0.29, 0.717) is 19.3 Å². The van der Waals surface area contributed by atoms with Gasteiger partial charge >= 0.3 is 17.9 Å². The average Bonchev–Trinajstić information content (AvgIpc) is 3.24. The molecule has 6 heteroatoms. The van der Waals surface area contributed by atoms with Crippen LogP contribution in [0.1, 0.15) is 245 Å². The van der Waals surface area contributed by atoms with Gasteiger partial charge in [0.2, 0.25) is 0 Å². The minimum atomic E-state index is -0.812. The average molecular weight is 839 g/mol. The van der Waals surface area contributed by atoms with E-state index in [2.05, 4.69) is 69.4 Å². The Morgan fingerprint density at radius 2 is 0.683 bits per heavy atom. The first-order valence-corrected chi connectivity index (χ1v) is 25.3. The van der Waals surface area contributed by atoms with E-state index in [1.165, 1.54) is 128 Å². The molecule has 6 nitrogen and oxygen atoms in total. The molecule has 0 radical (unpaired) electrons. The minimum absolute atomic E-state index is 0.103. The van der Waals surface area contributed by atoms with Gasteiger partial charge in [-0.2, -0.15) is 0 Å². The third-order valence-corrected chi connectivity index (χ3v) is 10.8. The lowest BCUT2D eigenvalue weighted by Crippen LogP contribution is -2.30. The van der Waals surface area contributed by atoms with Crippen molar-refractivity contribution in [3.05, 3.63) is 60.8 Å². The summed E-state index contributed by atoms with van der Waals surface area (Å²) in [5.74, 6) is -0.991. The van der Waals surface area contributed by atoms with Gasteiger partial charge in [-0.25, -0.2) is 0 Å². The Labute approximate surface area is 370 Å². The maximum atomic E-state index is 12.7. The van der Waals surface area contributed by atoms with Gasteiger partial charge in [0, 0.05) is 19.3 Å². The summed E-state index contributed by atoms with van der Waals surface area (Å²) in [7, 11) is 0. The summed E-state index contributed by atoms with van der Waals surface area (Å²) in [6.45, 7) is 6.45. The van der Waals surface area contributed by atoms with Crippen LogP contribution >= 0.6 is 0 Å². The predicted octanol–water partition coefficient (Wildman–Crippen LogP) is 16.5. The van der Waals surface area contributed by atoms with E-state index in [0.717, 1.165) is 70.6 Å². The van der Waals surface area contributed by atoms with Gasteiger partial charge in [-0.05, 0) is 70.6 Å². The second-order valence-corrected chi connectivity index (χ2v) is 16.7. The molecule has 0 aromatic carbocycles. The lowest BCUT2D eigenvalue weighted by Gasteiger charge is -2.18. The van der Waals surface area contributed by atoms with Crippen molar-refractivity contribution in [2.24, 2.45) is 0 Å². The molecule has 0 aromatic rings. The molecule has 60 heavy (non-hydrogen) atoms. The fourth-order valence-corrected chi connectivity index (χ4v) is 6.98. The van der Waals surface area contributed by atoms with Crippen molar-refractivity contribution in [1.29, 1.82) is 0 Å². The van der Waals surface area contributed by atoms with Crippen LogP contribution in [0.5, 0.6) is 0 Å².